The number of carbonyl (C=O) groups is 2. The summed E-state index contributed by atoms with van der Waals surface area (Å²) >= 11 is 0. The van der Waals surface area contributed by atoms with Gasteiger partial charge in [0.25, 0.3) is 0 Å². The number of likely N-dealkylation sites (tertiary alicyclic amines) is 1. The smallest absolute Gasteiger partial charge is 0.242 e. The van der Waals surface area contributed by atoms with Gasteiger partial charge >= 0.3 is 0 Å². The van der Waals surface area contributed by atoms with Crippen LogP contribution < -0.4 is 0 Å². The first-order chi connectivity index (χ1) is 14.7. The zero-order chi connectivity index (χ0) is 20.5. The Morgan fingerprint density at radius 3 is 2.40 bits per heavy atom. The van der Waals surface area contributed by atoms with Crippen LogP contribution in [0.15, 0.2) is 59.1 Å². The second kappa shape index (κ2) is 7.78. The third-order valence-electron chi connectivity index (χ3n) is 5.94. The van der Waals surface area contributed by atoms with Crippen molar-refractivity contribution in [2.75, 3.05) is 19.6 Å². The molecule has 2 amide bonds. The van der Waals surface area contributed by atoms with Crippen LogP contribution in [0.3, 0.4) is 0 Å². The predicted octanol–water partition coefficient (Wildman–Crippen LogP) is 3.52. The summed E-state index contributed by atoms with van der Waals surface area (Å²) in [5.41, 5.74) is 5.04. The Bertz CT molecular complexity index is 1070. The number of hydrogen-bond donors (Lipinski definition) is 0. The molecule has 0 saturated carbocycles. The van der Waals surface area contributed by atoms with Crippen LogP contribution in [0.5, 0.6) is 0 Å². The first kappa shape index (κ1) is 18.6. The van der Waals surface area contributed by atoms with Crippen LogP contribution in [0.1, 0.15) is 24.2 Å². The Morgan fingerprint density at radius 2 is 1.67 bits per heavy atom. The summed E-state index contributed by atoms with van der Waals surface area (Å²) in [6.07, 6.45) is 2.03. The summed E-state index contributed by atoms with van der Waals surface area (Å²) in [4.78, 5) is 28.1. The minimum atomic E-state index is -0.0116. The molecule has 0 atom stereocenters. The molecule has 3 aromatic rings. The molecule has 5 rings (SSSR count). The Labute approximate surface area is 175 Å². The van der Waals surface area contributed by atoms with Gasteiger partial charge in [-0.1, -0.05) is 59.8 Å². The third kappa shape index (κ3) is 3.49. The molecule has 2 aromatic carbocycles. The lowest BCUT2D eigenvalue weighted by Gasteiger charge is -2.28. The van der Waals surface area contributed by atoms with Crippen molar-refractivity contribution in [1.82, 2.24) is 15.0 Å². The van der Waals surface area contributed by atoms with E-state index in [0.717, 1.165) is 34.6 Å². The van der Waals surface area contributed by atoms with E-state index in [1.807, 2.05) is 35.2 Å². The predicted molar refractivity (Wildman–Crippen MR) is 112 cm³/mol. The van der Waals surface area contributed by atoms with E-state index in [0.29, 0.717) is 32.5 Å². The quantitative estimate of drug-likeness (QED) is 0.671. The molecule has 3 heterocycles. The van der Waals surface area contributed by atoms with E-state index in [1.165, 1.54) is 5.56 Å². The van der Waals surface area contributed by atoms with Crippen LogP contribution in [0.2, 0.25) is 0 Å². The van der Waals surface area contributed by atoms with E-state index in [2.05, 4.69) is 29.4 Å². The second-order valence-electron chi connectivity index (χ2n) is 7.86. The summed E-state index contributed by atoms with van der Waals surface area (Å²) in [6.45, 7) is 1.90. The van der Waals surface area contributed by atoms with Gasteiger partial charge in [0.1, 0.15) is 11.5 Å². The van der Waals surface area contributed by atoms with Gasteiger partial charge in [0.2, 0.25) is 11.8 Å². The Kier molecular flexibility index (Phi) is 4.83. The number of rotatable bonds is 4. The fraction of sp³-hybridized carbons (Fsp3) is 0.292. The second-order valence-corrected chi connectivity index (χ2v) is 7.86. The molecule has 1 fully saturated rings. The van der Waals surface area contributed by atoms with Crippen molar-refractivity contribution in [3.63, 3.8) is 0 Å². The van der Waals surface area contributed by atoms with Crippen molar-refractivity contribution >= 4 is 11.8 Å². The first-order valence-electron chi connectivity index (χ1n) is 10.4. The van der Waals surface area contributed by atoms with Gasteiger partial charge < -0.3 is 14.3 Å². The summed E-state index contributed by atoms with van der Waals surface area (Å²) < 4.78 is 5.58. The van der Waals surface area contributed by atoms with Gasteiger partial charge in [-0.25, -0.2) is 0 Å². The summed E-state index contributed by atoms with van der Waals surface area (Å²) in [7, 11) is 0. The summed E-state index contributed by atoms with van der Waals surface area (Å²) in [6, 6.07) is 18.5. The molecule has 6 nitrogen and oxygen atoms in total. The van der Waals surface area contributed by atoms with Gasteiger partial charge in [-0.05, 0) is 17.5 Å². The largest absolute Gasteiger partial charge is 0.360 e. The number of carbonyl (C=O) groups excluding carboxylic acids is 2. The molecular formula is C24H23N3O3. The standard InChI is InChI=1S/C24H23N3O3/c28-22-7-4-13-26(22)16-23(29)27-14-12-21-20(15-27)24(25-30-21)19-10-8-18(9-11-19)17-5-2-1-3-6-17/h1-3,5-6,8-11H,4,7,12-16H2. The Balaban J connectivity index is 1.34. The van der Waals surface area contributed by atoms with E-state index in [4.69, 9.17) is 4.52 Å². The number of hydrogen-bond acceptors (Lipinski definition) is 4. The number of fused-ring (bicyclic) bond motifs is 1. The molecule has 2 aliphatic rings. The van der Waals surface area contributed by atoms with Gasteiger partial charge in [0.15, 0.2) is 0 Å². The minimum Gasteiger partial charge on any atom is -0.360 e. The molecule has 6 heteroatoms. The number of aromatic nitrogens is 1. The fourth-order valence-electron chi connectivity index (χ4n) is 4.23. The van der Waals surface area contributed by atoms with E-state index >= 15 is 0 Å². The van der Waals surface area contributed by atoms with Crippen molar-refractivity contribution < 1.29 is 14.1 Å². The Morgan fingerprint density at radius 1 is 0.933 bits per heavy atom. The minimum absolute atomic E-state index is 0.0116. The van der Waals surface area contributed by atoms with Crippen LogP contribution in [0.4, 0.5) is 0 Å². The normalized spacial score (nSPS) is 16.1. The monoisotopic (exact) mass is 401 g/mol. The maximum absolute atomic E-state index is 12.8. The summed E-state index contributed by atoms with van der Waals surface area (Å²) in [5.74, 6) is 0.908. The van der Waals surface area contributed by atoms with E-state index in [-0.39, 0.29) is 18.4 Å². The highest BCUT2D eigenvalue weighted by molar-refractivity contribution is 5.86. The number of amides is 2. The molecule has 0 aliphatic carbocycles. The molecule has 0 bridgehead atoms. The maximum Gasteiger partial charge on any atom is 0.242 e. The van der Waals surface area contributed by atoms with E-state index < -0.39 is 0 Å². The number of benzene rings is 2. The van der Waals surface area contributed by atoms with Crippen molar-refractivity contribution in [3.05, 3.63) is 65.9 Å². The maximum atomic E-state index is 12.8. The molecule has 0 N–H and O–H groups in total. The molecule has 2 aliphatic heterocycles. The van der Waals surface area contributed by atoms with Crippen LogP contribution in [-0.2, 0) is 22.6 Å². The molecule has 0 spiro atoms. The summed E-state index contributed by atoms with van der Waals surface area (Å²) in [5, 5.41) is 4.30. The highest BCUT2D eigenvalue weighted by Crippen LogP contribution is 2.31. The zero-order valence-electron chi connectivity index (χ0n) is 16.7. The lowest BCUT2D eigenvalue weighted by molar-refractivity contribution is -0.139. The molecule has 1 aromatic heterocycles. The van der Waals surface area contributed by atoms with Crippen molar-refractivity contribution in [2.45, 2.75) is 25.8 Å². The molecular weight excluding hydrogens is 378 g/mol. The van der Waals surface area contributed by atoms with Gasteiger partial charge in [-0.2, -0.15) is 0 Å². The van der Waals surface area contributed by atoms with E-state index in [9.17, 15) is 9.59 Å². The SMILES string of the molecule is O=C1CCCN1CC(=O)N1CCc2onc(-c3ccc(-c4ccccc4)cc3)c2C1. The van der Waals surface area contributed by atoms with E-state index in [1.54, 1.807) is 4.90 Å². The molecule has 152 valence electrons. The third-order valence-corrected chi connectivity index (χ3v) is 5.94. The first-order valence-corrected chi connectivity index (χ1v) is 10.4. The van der Waals surface area contributed by atoms with Crippen LogP contribution in [0, 0.1) is 0 Å². The van der Waals surface area contributed by atoms with Crippen molar-refractivity contribution in [1.29, 1.82) is 0 Å². The number of nitrogens with zero attached hydrogens (tertiary/aromatic N) is 3. The van der Waals surface area contributed by atoms with Gasteiger partial charge in [-0.3, -0.25) is 9.59 Å². The molecule has 30 heavy (non-hydrogen) atoms. The van der Waals surface area contributed by atoms with Crippen LogP contribution in [-0.4, -0.2) is 46.4 Å². The fourth-order valence-corrected chi connectivity index (χ4v) is 4.23. The lowest BCUT2D eigenvalue weighted by atomic mass is 9.99. The van der Waals surface area contributed by atoms with Gasteiger partial charge in [0, 0.05) is 37.1 Å². The zero-order valence-corrected chi connectivity index (χ0v) is 16.7. The van der Waals surface area contributed by atoms with Crippen molar-refractivity contribution in [3.8, 4) is 22.4 Å². The Hall–Kier alpha value is -3.41. The van der Waals surface area contributed by atoms with Crippen LogP contribution >= 0.6 is 0 Å². The highest BCUT2D eigenvalue weighted by Gasteiger charge is 2.30. The average Bonchev–Trinajstić information content (AvgIpc) is 3.40. The lowest BCUT2D eigenvalue weighted by Crippen LogP contribution is -2.42. The topological polar surface area (TPSA) is 66.7 Å². The molecule has 0 unspecified atom stereocenters. The van der Waals surface area contributed by atoms with Gasteiger partial charge in [0.05, 0.1) is 13.1 Å². The van der Waals surface area contributed by atoms with Crippen LogP contribution in [0.25, 0.3) is 22.4 Å². The van der Waals surface area contributed by atoms with Gasteiger partial charge in [-0.15, -0.1) is 0 Å². The average molecular weight is 401 g/mol. The molecule has 0 radical (unpaired) electrons. The molecule has 1 saturated heterocycles. The van der Waals surface area contributed by atoms with Crippen molar-refractivity contribution in [2.24, 2.45) is 0 Å². The highest BCUT2D eigenvalue weighted by atomic mass is 16.5.